The molecule has 2 aromatic rings. The van der Waals surface area contributed by atoms with Gasteiger partial charge in [-0.1, -0.05) is 11.6 Å². The van der Waals surface area contributed by atoms with E-state index in [1.807, 2.05) is 0 Å². The molecule has 1 aromatic heterocycles. The van der Waals surface area contributed by atoms with Crippen molar-refractivity contribution in [3.05, 3.63) is 51.4 Å². The first-order valence-corrected chi connectivity index (χ1v) is 7.32. The number of amides is 2. The minimum Gasteiger partial charge on any atom is -0.318 e. The fourth-order valence-electron chi connectivity index (χ4n) is 1.47. The fourth-order valence-corrected chi connectivity index (χ4v) is 2.46. The van der Waals surface area contributed by atoms with Crippen LogP contribution in [0.1, 0.15) is 11.8 Å². The Morgan fingerprint density at radius 3 is 2.41 bits per heavy atom. The zero-order chi connectivity index (χ0) is 16.1. The summed E-state index contributed by atoms with van der Waals surface area (Å²) in [6, 6.07) is 8.53. The van der Waals surface area contributed by atoms with Gasteiger partial charge in [0, 0.05) is 5.69 Å². The normalized spacial score (nSPS) is 11.1. The molecule has 8 heteroatoms. The molecular formula is C14H11ClFN3O2S. The molecule has 2 amide bonds. The molecule has 5 nitrogen and oxygen atoms in total. The third kappa shape index (κ3) is 4.37. The van der Waals surface area contributed by atoms with Crippen molar-refractivity contribution in [3.63, 3.8) is 0 Å². The Bertz CT molecular complexity index is 728. The van der Waals surface area contributed by atoms with Gasteiger partial charge in [0.15, 0.2) is 0 Å². The van der Waals surface area contributed by atoms with Gasteiger partial charge in [0.2, 0.25) is 0 Å². The SMILES string of the molecule is C/C(=N\NC(=O)C(=O)Nc1ccc(F)cc1)c1ccc(Cl)s1. The van der Waals surface area contributed by atoms with Crippen LogP contribution in [0.2, 0.25) is 4.34 Å². The standard InChI is InChI=1S/C14H11ClFN3O2S/c1-8(11-6-7-12(15)22-11)18-19-14(21)13(20)17-10-4-2-9(16)3-5-10/h2-7H,1H3,(H,17,20)(H,19,21)/b18-8+. The number of benzene rings is 1. The van der Waals surface area contributed by atoms with Crippen molar-refractivity contribution in [1.29, 1.82) is 0 Å². The Kier molecular flexibility index (Phi) is 5.24. The summed E-state index contributed by atoms with van der Waals surface area (Å²) in [4.78, 5) is 24.1. The summed E-state index contributed by atoms with van der Waals surface area (Å²) in [6.45, 7) is 1.68. The number of halogens is 2. The summed E-state index contributed by atoms with van der Waals surface area (Å²) in [6.07, 6.45) is 0. The van der Waals surface area contributed by atoms with Crippen LogP contribution in [0, 0.1) is 5.82 Å². The van der Waals surface area contributed by atoms with Crippen LogP contribution in [0.3, 0.4) is 0 Å². The molecule has 0 spiro atoms. The third-order valence-corrected chi connectivity index (χ3v) is 3.90. The van der Waals surface area contributed by atoms with Crippen LogP contribution in [-0.4, -0.2) is 17.5 Å². The second-order valence-corrected chi connectivity index (χ2v) is 5.92. The second-order valence-electron chi connectivity index (χ2n) is 4.20. The smallest absolute Gasteiger partial charge is 0.318 e. The maximum atomic E-state index is 12.7. The summed E-state index contributed by atoms with van der Waals surface area (Å²) >= 11 is 7.11. The van der Waals surface area contributed by atoms with Gasteiger partial charge in [-0.3, -0.25) is 9.59 Å². The van der Waals surface area contributed by atoms with E-state index in [4.69, 9.17) is 11.6 Å². The Labute approximate surface area is 134 Å². The van der Waals surface area contributed by atoms with E-state index in [1.54, 1.807) is 19.1 Å². The van der Waals surface area contributed by atoms with Gasteiger partial charge in [-0.15, -0.1) is 11.3 Å². The van der Waals surface area contributed by atoms with Gasteiger partial charge in [-0.2, -0.15) is 5.10 Å². The van der Waals surface area contributed by atoms with Gasteiger partial charge in [0.25, 0.3) is 0 Å². The minimum absolute atomic E-state index is 0.312. The van der Waals surface area contributed by atoms with Crippen molar-refractivity contribution in [1.82, 2.24) is 5.43 Å². The molecule has 0 saturated heterocycles. The Morgan fingerprint density at radius 2 is 1.82 bits per heavy atom. The van der Waals surface area contributed by atoms with Crippen molar-refractivity contribution in [2.24, 2.45) is 5.10 Å². The van der Waals surface area contributed by atoms with Gasteiger partial charge in [0.05, 0.1) is 14.9 Å². The predicted molar refractivity (Wildman–Crippen MR) is 84.7 cm³/mol. The predicted octanol–water partition coefficient (Wildman–Crippen LogP) is 3.02. The number of carbonyl (C=O) groups excluding carboxylic acids is 2. The van der Waals surface area contributed by atoms with E-state index >= 15 is 0 Å². The molecule has 22 heavy (non-hydrogen) atoms. The summed E-state index contributed by atoms with van der Waals surface area (Å²) in [5.74, 6) is -2.25. The molecule has 2 rings (SSSR count). The van der Waals surface area contributed by atoms with Crippen LogP contribution in [0.5, 0.6) is 0 Å². The number of nitrogens with one attached hydrogen (secondary N) is 2. The molecule has 2 N–H and O–H groups in total. The molecular weight excluding hydrogens is 329 g/mol. The molecule has 0 saturated carbocycles. The Hall–Kier alpha value is -2.25. The topological polar surface area (TPSA) is 70.6 Å². The minimum atomic E-state index is -0.925. The van der Waals surface area contributed by atoms with Crippen LogP contribution in [-0.2, 0) is 9.59 Å². The molecule has 114 valence electrons. The molecule has 0 aliphatic heterocycles. The van der Waals surface area contributed by atoms with Crippen molar-refractivity contribution < 1.29 is 14.0 Å². The Morgan fingerprint density at radius 1 is 1.14 bits per heavy atom. The highest BCUT2D eigenvalue weighted by molar-refractivity contribution is 7.18. The van der Waals surface area contributed by atoms with E-state index < -0.39 is 17.6 Å². The summed E-state index contributed by atoms with van der Waals surface area (Å²) in [5, 5.41) is 6.16. The third-order valence-electron chi connectivity index (χ3n) is 2.56. The zero-order valence-corrected chi connectivity index (χ0v) is 13.0. The first-order valence-electron chi connectivity index (χ1n) is 6.12. The Balaban J connectivity index is 1.94. The maximum Gasteiger partial charge on any atom is 0.329 e. The van der Waals surface area contributed by atoms with Crippen molar-refractivity contribution >= 4 is 46.2 Å². The zero-order valence-electron chi connectivity index (χ0n) is 11.4. The molecule has 0 atom stereocenters. The molecule has 0 radical (unpaired) electrons. The van der Waals surface area contributed by atoms with E-state index in [2.05, 4.69) is 15.8 Å². The van der Waals surface area contributed by atoms with Crippen LogP contribution >= 0.6 is 22.9 Å². The molecule has 0 bridgehead atoms. The van der Waals surface area contributed by atoms with Crippen LogP contribution in [0.4, 0.5) is 10.1 Å². The van der Waals surface area contributed by atoms with Crippen LogP contribution < -0.4 is 10.7 Å². The molecule has 0 aliphatic carbocycles. The average Bonchev–Trinajstić information content (AvgIpc) is 2.93. The van der Waals surface area contributed by atoms with E-state index in [1.165, 1.54) is 35.6 Å². The fraction of sp³-hybridized carbons (Fsp3) is 0.0714. The van der Waals surface area contributed by atoms with E-state index in [0.29, 0.717) is 15.7 Å². The molecule has 0 fully saturated rings. The average molecular weight is 340 g/mol. The molecule has 1 aromatic carbocycles. The van der Waals surface area contributed by atoms with Gasteiger partial charge < -0.3 is 5.32 Å². The lowest BCUT2D eigenvalue weighted by Gasteiger charge is -2.04. The number of anilines is 1. The van der Waals surface area contributed by atoms with Crippen molar-refractivity contribution in [2.45, 2.75) is 6.92 Å². The second kappa shape index (κ2) is 7.15. The van der Waals surface area contributed by atoms with E-state index in [-0.39, 0.29) is 0 Å². The highest BCUT2D eigenvalue weighted by atomic mass is 35.5. The number of rotatable bonds is 3. The summed E-state index contributed by atoms with van der Waals surface area (Å²) < 4.78 is 13.3. The van der Waals surface area contributed by atoms with E-state index in [9.17, 15) is 14.0 Å². The first kappa shape index (κ1) is 16.1. The summed E-state index contributed by atoms with van der Waals surface area (Å²) in [5.41, 5.74) is 2.99. The van der Waals surface area contributed by atoms with Gasteiger partial charge >= 0.3 is 11.8 Å². The van der Waals surface area contributed by atoms with Gasteiger partial charge in [-0.05, 0) is 43.3 Å². The van der Waals surface area contributed by atoms with E-state index in [0.717, 1.165) is 4.88 Å². The number of hydrogen-bond donors (Lipinski definition) is 2. The first-order chi connectivity index (χ1) is 10.5. The van der Waals surface area contributed by atoms with Crippen LogP contribution in [0.25, 0.3) is 0 Å². The number of hydrazone groups is 1. The lowest BCUT2D eigenvalue weighted by Crippen LogP contribution is -2.32. The number of thiophene rings is 1. The lowest BCUT2D eigenvalue weighted by molar-refractivity contribution is -0.136. The highest BCUT2D eigenvalue weighted by Crippen LogP contribution is 2.21. The maximum absolute atomic E-state index is 12.7. The van der Waals surface area contributed by atoms with Gasteiger partial charge in [0.1, 0.15) is 5.82 Å². The van der Waals surface area contributed by atoms with Crippen molar-refractivity contribution in [3.8, 4) is 0 Å². The monoisotopic (exact) mass is 339 g/mol. The molecule has 0 unspecified atom stereocenters. The van der Waals surface area contributed by atoms with Gasteiger partial charge in [-0.25, -0.2) is 9.82 Å². The highest BCUT2D eigenvalue weighted by Gasteiger charge is 2.13. The number of hydrogen-bond acceptors (Lipinski definition) is 4. The van der Waals surface area contributed by atoms with Crippen molar-refractivity contribution in [2.75, 3.05) is 5.32 Å². The van der Waals surface area contributed by atoms with Crippen LogP contribution in [0.15, 0.2) is 41.5 Å². The number of nitrogens with zero attached hydrogens (tertiary/aromatic N) is 1. The number of carbonyl (C=O) groups is 2. The summed E-state index contributed by atoms with van der Waals surface area (Å²) in [7, 11) is 0. The molecule has 1 heterocycles. The largest absolute Gasteiger partial charge is 0.329 e. The quantitative estimate of drug-likeness (QED) is 0.512. The lowest BCUT2D eigenvalue weighted by atomic mass is 10.3. The molecule has 0 aliphatic rings.